The van der Waals surface area contributed by atoms with Crippen LogP contribution in [0.15, 0.2) is 23.2 Å². The Bertz CT molecular complexity index is 813. The van der Waals surface area contributed by atoms with Crippen molar-refractivity contribution in [1.82, 2.24) is 4.90 Å². The summed E-state index contributed by atoms with van der Waals surface area (Å²) in [6.07, 6.45) is 8.78. The molecule has 6 nitrogen and oxygen atoms in total. The predicted octanol–water partition coefficient (Wildman–Crippen LogP) is 4.65. The topological polar surface area (TPSA) is 77.2 Å². The van der Waals surface area contributed by atoms with Crippen LogP contribution in [0.1, 0.15) is 82.5 Å². The number of nitrogens with two attached hydrogens (primary N) is 1. The molecule has 0 saturated heterocycles. The van der Waals surface area contributed by atoms with Gasteiger partial charge in [0.25, 0.3) is 0 Å². The van der Waals surface area contributed by atoms with Gasteiger partial charge in [-0.2, -0.15) is 0 Å². The summed E-state index contributed by atoms with van der Waals surface area (Å²) in [6.45, 7) is 9.58. The number of guanidine groups is 1. The number of carbonyl (C=O) groups is 1. The molecular weight excluding hydrogens is 414 g/mol. The zero-order valence-corrected chi connectivity index (χ0v) is 21.2. The summed E-state index contributed by atoms with van der Waals surface area (Å²) in [5, 5.41) is 0. The number of benzene rings is 1. The molecule has 1 unspecified atom stereocenters. The van der Waals surface area contributed by atoms with Gasteiger partial charge in [-0.3, -0.25) is 9.69 Å². The first-order valence-corrected chi connectivity index (χ1v) is 12.6. The number of methoxy groups -OCH3 is 1. The van der Waals surface area contributed by atoms with Gasteiger partial charge < -0.3 is 15.2 Å². The number of nitrogens with zero attached hydrogens (tertiary/aromatic N) is 2. The first-order valence-electron chi connectivity index (χ1n) is 12.6. The average Bonchev–Trinajstić information content (AvgIpc) is 3.06. The van der Waals surface area contributed by atoms with Gasteiger partial charge in [0.2, 0.25) is 6.41 Å². The molecule has 2 aliphatic carbocycles. The summed E-state index contributed by atoms with van der Waals surface area (Å²) in [5.41, 5.74) is 10.5. The molecule has 1 spiro atoms. The van der Waals surface area contributed by atoms with Crippen LogP contribution in [0.3, 0.4) is 0 Å². The number of amides is 1. The molecule has 33 heavy (non-hydrogen) atoms. The number of fused-ring (bicyclic) bond motifs is 1. The molecule has 0 heterocycles. The zero-order chi connectivity index (χ0) is 24.0. The molecule has 2 N–H and O–H groups in total. The van der Waals surface area contributed by atoms with E-state index in [1.807, 2.05) is 0 Å². The van der Waals surface area contributed by atoms with Crippen molar-refractivity contribution in [3.63, 3.8) is 0 Å². The van der Waals surface area contributed by atoms with Gasteiger partial charge in [-0.15, -0.1) is 0 Å². The molecule has 1 atom stereocenters. The van der Waals surface area contributed by atoms with Crippen LogP contribution in [0.25, 0.3) is 0 Å². The number of aryl methyl sites for hydroxylation is 1. The molecule has 3 rings (SSSR count). The largest absolute Gasteiger partial charge is 0.383 e. The lowest BCUT2D eigenvalue weighted by Crippen LogP contribution is -2.40. The molecule has 1 aromatic rings. The molecule has 0 radical (unpaired) electrons. The van der Waals surface area contributed by atoms with Gasteiger partial charge in [0.15, 0.2) is 5.96 Å². The fourth-order valence-electron chi connectivity index (χ4n) is 5.44. The third kappa shape index (κ3) is 6.36. The third-order valence-corrected chi connectivity index (χ3v) is 7.25. The second kappa shape index (κ2) is 11.5. The van der Waals surface area contributed by atoms with Crippen LogP contribution in [-0.4, -0.2) is 49.7 Å². The van der Waals surface area contributed by atoms with E-state index >= 15 is 0 Å². The van der Waals surface area contributed by atoms with E-state index < -0.39 is 0 Å². The van der Waals surface area contributed by atoms with Gasteiger partial charge in [0.05, 0.1) is 31.4 Å². The molecule has 2 aliphatic rings. The van der Waals surface area contributed by atoms with Crippen LogP contribution in [0, 0.1) is 11.3 Å². The molecule has 0 bridgehead atoms. The van der Waals surface area contributed by atoms with Gasteiger partial charge >= 0.3 is 0 Å². The minimum atomic E-state index is -0.0310. The van der Waals surface area contributed by atoms with Crippen molar-refractivity contribution < 1.29 is 14.3 Å². The van der Waals surface area contributed by atoms with Crippen molar-refractivity contribution in [1.29, 1.82) is 0 Å². The minimum absolute atomic E-state index is 0.0310. The van der Waals surface area contributed by atoms with Crippen LogP contribution in [-0.2, 0) is 27.1 Å². The Labute approximate surface area is 199 Å². The predicted molar refractivity (Wildman–Crippen MR) is 133 cm³/mol. The maximum atomic E-state index is 11.7. The van der Waals surface area contributed by atoms with Crippen molar-refractivity contribution in [3.8, 4) is 0 Å². The summed E-state index contributed by atoms with van der Waals surface area (Å²) < 4.78 is 11.3. The Hall–Kier alpha value is -1.92. The lowest BCUT2D eigenvalue weighted by atomic mass is 9.68. The van der Waals surface area contributed by atoms with Crippen LogP contribution >= 0.6 is 0 Å². The molecule has 6 heteroatoms. The van der Waals surface area contributed by atoms with E-state index in [-0.39, 0.29) is 23.5 Å². The van der Waals surface area contributed by atoms with E-state index in [0.717, 1.165) is 44.9 Å². The number of hydrogen-bond acceptors (Lipinski definition) is 4. The highest BCUT2D eigenvalue weighted by atomic mass is 16.5. The lowest BCUT2D eigenvalue weighted by molar-refractivity contribution is -0.115. The van der Waals surface area contributed by atoms with Crippen LogP contribution in [0.4, 0.5) is 0 Å². The van der Waals surface area contributed by atoms with E-state index in [1.54, 1.807) is 7.11 Å². The lowest BCUT2D eigenvalue weighted by Gasteiger charge is -2.41. The van der Waals surface area contributed by atoms with Gasteiger partial charge in [-0.05, 0) is 81.4 Å². The Balaban J connectivity index is 1.91. The zero-order valence-electron chi connectivity index (χ0n) is 21.2. The van der Waals surface area contributed by atoms with Crippen LogP contribution < -0.4 is 5.73 Å². The van der Waals surface area contributed by atoms with E-state index in [0.29, 0.717) is 25.2 Å². The second-order valence-corrected chi connectivity index (χ2v) is 10.6. The third-order valence-electron chi connectivity index (χ3n) is 7.25. The fourth-order valence-corrected chi connectivity index (χ4v) is 5.44. The van der Waals surface area contributed by atoms with E-state index in [9.17, 15) is 4.79 Å². The standard InChI is InChI=1S/C27H43N3O3/c1-19(2)6-7-21-8-9-22-17-27(12-10-23(11-13-27)33-20(3)4)25(24(22)16-21)29-26(28)30(18-31)14-15-32-5/h8-9,16,18-20,23,25H,6-7,10-15,17H2,1-5H3,(H2,28,29)/t23-,25?,27-. The Kier molecular flexibility index (Phi) is 8.94. The van der Waals surface area contributed by atoms with Crippen molar-refractivity contribution in [2.45, 2.75) is 90.9 Å². The molecular formula is C27H43N3O3. The van der Waals surface area contributed by atoms with Crippen molar-refractivity contribution in [2.75, 3.05) is 20.3 Å². The molecule has 0 aromatic heterocycles. The van der Waals surface area contributed by atoms with Crippen LogP contribution in [0.5, 0.6) is 0 Å². The molecule has 1 fully saturated rings. The Morgan fingerprint density at radius 2 is 2.00 bits per heavy atom. The number of rotatable bonds is 10. The molecule has 1 aromatic carbocycles. The van der Waals surface area contributed by atoms with E-state index in [1.165, 1.54) is 28.0 Å². The molecule has 0 aliphatic heterocycles. The summed E-state index contributed by atoms with van der Waals surface area (Å²) in [7, 11) is 1.62. The van der Waals surface area contributed by atoms with Crippen molar-refractivity contribution in [3.05, 3.63) is 34.9 Å². The normalized spacial score (nSPS) is 25.1. The highest BCUT2D eigenvalue weighted by Crippen LogP contribution is 2.56. The molecule has 184 valence electrons. The first kappa shape index (κ1) is 25.7. The first-order chi connectivity index (χ1) is 15.8. The summed E-state index contributed by atoms with van der Waals surface area (Å²) in [5.74, 6) is 0.958. The number of carbonyl (C=O) groups excluding carboxylic acids is 1. The average molecular weight is 458 g/mol. The van der Waals surface area contributed by atoms with Crippen LogP contribution in [0.2, 0.25) is 0 Å². The van der Waals surface area contributed by atoms with Gasteiger partial charge in [-0.25, -0.2) is 4.99 Å². The summed E-state index contributed by atoms with van der Waals surface area (Å²) in [4.78, 5) is 18.2. The minimum Gasteiger partial charge on any atom is -0.383 e. The van der Waals surface area contributed by atoms with E-state index in [2.05, 4.69) is 45.9 Å². The quantitative estimate of drug-likeness (QED) is 0.315. The highest BCUT2D eigenvalue weighted by molar-refractivity contribution is 5.87. The van der Waals surface area contributed by atoms with Gasteiger partial charge in [0, 0.05) is 12.5 Å². The van der Waals surface area contributed by atoms with Gasteiger partial charge in [-0.1, -0.05) is 32.0 Å². The summed E-state index contributed by atoms with van der Waals surface area (Å²) in [6, 6.07) is 6.91. The number of aliphatic imine (C=N–C) groups is 1. The number of hydrogen-bond donors (Lipinski definition) is 1. The smallest absolute Gasteiger partial charge is 0.216 e. The maximum absolute atomic E-state index is 11.7. The Morgan fingerprint density at radius 3 is 2.61 bits per heavy atom. The SMILES string of the molecule is COCCN(C=O)/C(N)=N\C1c2cc(CCC(C)C)ccc2C[C@]12CC[C@@H](OC(C)C)CC2. The number of ether oxygens (including phenoxy) is 2. The highest BCUT2D eigenvalue weighted by Gasteiger charge is 2.48. The molecule has 1 amide bonds. The Morgan fingerprint density at radius 1 is 1.27 bits per heavy atom. The monoisotopic (exact) mass is 457 g/mol. The second-order valence-electron chi connectivity index (χ2n) is 10.6. The molecule has 1 saturated carbocycles. The van der Waals surface area contributed by atoms with E-state index in [4.69, 9.17) is 20.2 Å². The fraction of sp³-hybridized carbons (Fsp3) is 0.704. The van der Waals surface area contributed by atoms with Crippen molar-refractivity contribution in [2.24, 2.45) is 22.1 Å². The van der Waals surface area contributed by atoms with Gasteiger partial charge in [0.1, 0.15) is 0 Å². The maximum Gasteiger partial charge on any atom is 0.216 e. The van der Waals surface area contributed by atoms with Crippen molar-refractivity contribution >= 4 is 12.4 Å². The summed E-state index contributed by atoms with van der Waals surface area (Å²) >= 11 is 0.